The molecule has 0 saturated carbocycles. The number of hydrogen-bond acceptors (Lipinski definition) is 6. The number of aliphatic hydroxyl groups is 1. The molecule has 1 aliphatic heterocycles. The molecule has 0 radical (unpaired) electrons. The lowest BCUT2D eigenvalue weighted by Crippen LogP contribution is -2.26. The summed E-state index contributed by atoms with van der Waals surface area (Å²) in [5.74, 6) is 0.493. The van der Waals surface area contributed by atoms with Gasteiger partial charge in [0.15, 0.2) is 11.5 Å². The van der Waals surface area contributed by atoms with E-state index in [9.17, 15) is 9.50 Å². The highest BCUT2D eigenvalue weighted by atomic mass is 19.1. The summed E-state index contributed by atoms with van der Waals surface area (Å²) in [5, 5.41) is 14.2. The van der Waals surface area contributed by atoms with Crippen molar-refractivity contribution in [2.24, 2.45) is 0 Å². The predicted octanol–water partition coefficient (Wildman–Crippen LogP) is 3.84. The molecule has 1 atom stereocenters. The number of anilines is 2. The zero-order valence-corrected chi connectivity index (χ0v) is 18.6. The zero-order valence-electron chi connectivity index (χ0n) is 18.6. The third-order valence-electron chi connectivity index (χ3n) is 6.76. The lowest BCUT2D eigenvalue weighted by atomic mass is 9.99. The second kappa shape index (κ2) is 7.33. The summed E-state index contributed by atoms with van der Waals surface area (Å²) in [4.78, 5) is 15.9. The molecular weight excluding hydrogens is 419 g/mol. The molecule has 8 heteroatoms. The first-order valence-electron chi connectivity index (χ1n) is 11.2. The summed E-state index contributed by atoms with van der Waals surface area (Å²) in [7, 11) is 2.12. The second-order valence-electron chi connectivity index (χ2n) is 9.33. The van der Waals surface area contributed by atoms with E-state index >= 15 is 0 Å². The minimum atomic E-state index is -0.977. The van der Waals surface area contributed by atoms with Gasteiger partial charge in [-0.05, 0) is 68.1 Å². The molecule has 0 saturated heterocycles. The number of fused-ring (bicyclic) bond motifs is 3. The molecule has 3 aromatic heterocycles. The first kappa shape index (κ1) is 20.3. The van der Waals surface area contributed by atoms with Crippen LogP contribution < -0.4 is 5.32 Å². The Morgan fingerprint density at radius 3 is 2.82 bits per heavy atom. The lowest BCUT2D eigenvalue weighted by Gasteiger charge is -2.25. The largest absolute Gasteiger partial charge is 0.384 e. The van der Waals surface area contributed by atoms with Crippen molar-refractivity contribution in [2.75, 3.05) is 18.9 Å². The van der Waals surface area contributed by atoms with Gasteiger partial charge >= 0.3 is 0 Å². The van der Waals surface area contributed by atoms with Crippen LogP contribution in [0.2, 0.25) is 0 Å². The molecule has 1 aliphatic carbocycles. The van der Waals surface area contributed by atoms with E-state index in [0.717, 1.165) is 37.2 Å². The molecule has 0 spiro atoms. The topological polar surface area (TPSA) is 79.1 Å². The Hall–Kier alpha value is -3.36. The van der Waals surface area contributed by atoms with Crippen molar-refractivity contribution in [2.45, 2.75) is 38.3 Å². The maximum atomic E-state index is 14.7. The van der Waals surface area contributed by atoms with Crippen LogP contribution in [-0.2, 0) is 25.0 Å². The summed E-state index contributed by atoms with van der Waals surface area (Å²) < 4.78 is 16.3. The first-order valence-corrected chi connectivity index (χ1v) is 11.2. The Morgan fingerprint density at radius 1 is 1.09 bits per heavy atom. The van der Waals surface area contributed by atoms with Crippen LogP contribution in [0.3, 0.4) is 0 Å². The SMILES string of the molecule is CN1CCc2ccc(Nc3ncc4c(F)cn(-c5ccc6c(n5)C(C)(O)CC6)c4n3)cc2C1. The molecule has 7 nitrogen and oxygen atoms in total. The maximum Gasteiger partial charge on any atom is 0.229 e. The number of rotatable bonds is 3. The van der Waals surface area contributed by atoms with Crippen molar-refractivity contribution in [1.29, 1.82) is 0 Å². The van der Waals surface area contributed by atoms with Crippen molar-refractivity contribution >= 4 is 22.7 Å². The number of nitrogens with one attached hydrogen (secondary N) is 1. The van der Waals surface area contributed by atoms with Gasteiger partial charge in [0.25, 0.3) is 0 Å². The normalized spacial score (nSPS) is 20.1. The first-order chi connectivity index (χ1) is 15.9. The number of benzene rings is 1. The highest BCUT2D eigenvalue weighted by molar-refractivity contribution is 5.79. The molecule has 168 valence electrons. The number of aryl methyl sites for hydroxylation is 1. The Morgan fingerprint density at radius 2 is 1.94 bits per heavy atom. The number of aromatic nitrogens is 4. The van der Waals surface area contributed by atoms with E-state index in [1.54, 1.807) is 11.5 Å². The minimum absolute atomic E-state index is 0.321. The van der Waals surface area contributed by atoms with Gasteiger partial charge in [0.1, 0.15) is 11.4 Å². The van der Waals surface area contributed by atoms with Crippen LogP contribution >= 0.6 is 0 Å². The van der Waals surface area contributed by atoms with Crippen LogP contribution in [0, 0.1) is 5.82 Å². The van der Waals surface area contributed by atoms with Crippen molar-refractivity contribution in [1.82, 2.24) is 24.4 Å². The summed E-state index contributed by atoms with van der Waals surface area (Å²) >= 11 is 0. The van der Waals surface area contributed by atoms with Gasteiger partial charge in [-0.1, -0.05) is 12.1 Å². The van der Waals surface area contributed by atoms with Gasteiger partial charge in [-0.25, -0.2) is 14.4 Å². The van der Waals surface area contributed by atoms with E-state index in [1.807, 2.05) is 18.2 Å². The van der Waals surface area contributed by atoms with Crippen molar-refractivity contribution < 1.29 is 9.50 Å². The van der Waals surface area contributed by atoms with Crippen LogP contribution in [0.4, 0.5) is 16.0 Å². The smallest absolute Gasteiger partial charge is 0.229 e. The molecule has 0 amide bonds. The summed E-state index contributed by atoms with van der Waals surface area (Å²) in [5.41, 5.74) is 4.67. The number of nitrogens with zero attached hydrogens (tertiary/aromatic N) is 5. The quantitative estimate of drug-likeness (QED) is 0.500. The molecule has 33 heavy (non-hydrogen) atoms. The van der Waals surface area contributed by atoms with Gasteiger partial charge in [-0.2, -0.15) is 4.98 Å². The van der Waals surface area contributed by atoms with Crippen molar-refractivity contribution in [3.05, 3.63) is 70.9 Å². The van der Waals surface area contributed by atoms with E-state index in [0.29, 0.717) is 34.9 Å². The molecule has 2 N–H and O–H groups in total. The molecule has 4 aromatic rings. The number of pyridine rings is 1. The van der Waals surface area contributed by atoms with Gasteiger partial charge in [-0.3, -0.25) is 4.57 Å². The van der Waals surface area contributed by atoms with Crippen LogP contribution in [-0.4, -0.2) is 43.1 Å². The van der Waals surface area contributed by atoms with E-state index < -0.39 is 11.4 Å². The predicted molar refractivity (Wildman–Crippen MR) is 124 cm³/mol. The minimum Gasteiger partial charge on any atom is -0.384 e. The summed E-state index contributed by atoms with van der Waals surface area (Å²) in [6.45, 7) is 3.74. The highest BCUT2D eigenvalue weighted by Gasteiger charge is 2.34. The average molecular weight is 445 g/mol. The van der Waals surface area contributed by atoms with Crippen LogP contribution in [0.25, 0.3) is 16.9 Å². The van der Waals surface area contributed by atoms with Gasteiger partial charge in [0.05, 0.1) is 11.1 Å². The number of likely N-dealkylation sites (N-methyl/N-ethyl adjacent to an activating group) is 1. The Balaban J connectivity index is 1.38. The molecule has 1 aromatic carbocycles. The van der Waals surface area contributed by atoms with Gasteiger partial charge in [0, 0.05) is 31.2 Å². The fourth-order valence-corrected chi connectivity index (χ4v) is 4.89. The summed E-state index contributed by atoms with van der Waals surface area (Å²) in [6.07, 6.45) is 5.32. The fourth-order valence-electron chi connectivity index (χ4n) is 4.89. The van der Waals surface area contributed by atoms with E-state index in [4.69, 9.17) is 0 Å². The van der Waals surface area contributed by atoms with Crippen molar-refractivity contribution in [3.8, 4) is 5.82 Å². The molecule has 1 unspecified atom stereocenters. The zero-order chi connectivity index (χ0) is 22.7. The van der Waals surface area contributed by atoms with E-state index in [-0.39, 0.29) is 0 Å². The molecular formula is C25H25FN6O. The monoisotopic (exact) mass is 444 g/mol. The highest BCUT2D eigenvalue weighted by Crippen LogP contribution is 2.36. The molecule has 4 heterocycles. The molecule has 0 bridgehead atoms. The lowest BCUT2D eigenvalue weighted by molar-refractivity contribution is 0.0553. The second-order valence-corrected chi connectivity index (χ2v) is 9.33. The van der Waals surface area contributed by atoms with Gasteiger partial charge in [0.2, 0.25) is 5.95 Å². The standard InChI is InChI=1S/C25H25FN6O/c1-25(33)9-7-16-4-6-21(29-22(16)25)32-14-20(26)19-12-27-24(30-23(19)32)28-18-5-3-15-8-10-31(2)13-17(15)11-18/h3-6,11-12,14,33H,7-10,13H2,1-2H3,(H,27,28,30). The average Bonchev–Trinajstić information content (AvgIpc) is 3.29. The molecule has 0 fully saturated rings. The Bertz CT molecular complexity index is 1400. The van der Waals surface area contributed by atoms with E-state index in [1.165, 1.54) is 23.5 Å². The van der Waals surface area contributed by atoms with Gasteiger partial charge < -0.3 is 15.3 Å². The van der Waals surface area contributed by atoms with E-state index in [2.05, 4.69) is 44.3 Å². The third kappa shape index (κ3) is 3.46. The van der Waals surface area contributed by atoms with Crippen LogP contribution in [0.5, 0.6) is 0 Å². The van der Waals surface area contributed by atoms with Gasteiger partial charge in [-0.15, -0.1) is 0 Å². The van der Waals surface area contributed by atoms with Crippen LogP contribution in [0.1, 0.15) is 35.7 Å². The molecule has 2 aliphatic rings. The Kier molecular flexibility index (Phi) is 4.50. The fraction of sp³-hybridized carbons (Fsp3) is 0.320. The maximum absolute atomic E-state index is 14.7. The van der Waals surface area contributed by atoms with Crippen LogP contribution in [0.15, 0.2) is 42.7 Å². The third-order valence-corrected chi connectivity index (χ3v) is 6.76. The Labute approximate surface area is 190 Å². The molecule has 6 rings (SSSR count). The number of halogens is 1. The van der Waals surface area contributed by atoms with Crippen molar-refractivity contribution in [3.63, 3.8) is 0 Å². The summed E-state index contributed by atoms with van der Waals surface area (Å²) in [6, 6.07) is 10.1. The number of hydrogen-bond donors (Lipinski definition) is 2.